The molecule has 3 rings (SSSR count). The number of hydrogen-bond donors (Lipinski definition) is 3. The minimum absolute atomic E-state index is 0.124. The molecule has 0 saturated carbocycles. The van der Waals surface area contributed by atoms with E-state index < -0.39 is 0 Å². The SMILES string of the molecule is O=C(NCC1CCNN1)c1ccc(OCc2ccccc2)nc1. The van der Waals surface area contributed by atoms with E-state index >= 15 is 0 Å². The summed E-state index contributed by atoms with van der Waals surface area (Å²) in [7, 11) is 0. The maximum Gasteiger partial charge on any atom is 0.252 e. The third kappa shape index (κ3) is 4.51. The highest BCUT2D eigenvalue weighted by Crippen LogP contribution is 2.10. The second-order valence-electron chi connectivity index (χ2n) is 5.43. The highest BCUT2D eigenvalue weighted by atomic mass is 16.5. The Morgan fingerprint density at radius 1 is 1.26 bits per heavy atom. The van der Waals surface area contributed by atoms with E-state index in [0.29, 0.717) is 24.6 Å². The molecule has 1 atom stereocenters. The summed E-state index contributed by atoms with van der Waals surface area (Å²) < 4.78 is 5.61. The third-order valence-corrected chi connectivity index (χ3v) is 3.66. The summed E-state index contributed by atoms with van der Waals surface area (Å²) in [4.78, 5) is 16.2. The summed E-state index contributed by atoms with van der Waals surface area (Å²) in [5, 5.41) is 2.90. The number of ether oxygens (including phenoxy) is 1. The zero-order valence-electron chi connectivity index (χ0n) is 12.8. The molecule has 6 heteroatoms. The lowest BCUT2D eigenvalue weighted by Crippen LogP contribution is -2.40. The average Bonchev–Trinajstić information content (AvgIpc) is 3.13. The van der Waals surface area contributed by atoms with Crippen LogP contribution in [0.4, 0.5) is 0 Å². The molecule has 1 aliphatic heterocycles. The molecule has 1 aromatic heterocycles. The monoisotopic (exact) mass is 312 g/mol. The van der Waals surface area contributed by atoms with E-state index in [1.54, 1.807) is 12.1 Å². The predicted molar refractivity (Wildman–Crippen MR) is 86.9 cm³/mol. The smallest absolute Gasteiger partial charge is 0.252 e. The molecular weight excluding hydrogens is 292 g/mol. The van der Waals surface area contributed by atoms with Crippen molar-refractivity contribution in [1.29, 1.82) is 0 Å². The number of nitrogens with one attached hydrogen (secondary N) is 3. The molecule has 1 amide bonds. The largest absolute Gasteiger partial charge is 0.473 e. The highest BCUT2D eigenvalue weighted by molar-refractivity contribution is 5.93. The van der Waals surface area contributed by atoms with E-state index in [9.17, 15) is 4.79 Å². The Bertz CT molecular complexity index is 625. The molecule has 0 spiro atoms. The molecule has 23 heavy (non-hydrogen) atoms. The molecule has 2 aromatic rings. The molecule has 1 aromatic carbocycles. The van der Waals surface area contributed by atoms with Gasteiger partial charge in [0.25, 0.3) is 5.91 Å². The number of hydrazine groups is 1. The van der Waals surface area contributed by atoms with Crippen molar-refractivity contribution in [2.45, 2.75) is 19.1 Å². The van der Waals surface area contributed by atoms with Gasteiger partial charge in [0.05, 0.1) is 5.56 Å². The predicted octanol–water partition coefficient (Wildman–Crippen LogP) is 1.26. The van der Waals surface area contributed by atoms with Crippen LogP contribution >= 0.6 is 0 Å². The average molecular weight is 312 g/mol. The molecule has 1 saturated heterocycles. The minimum atomic E-state index is -0.124. The number of nitrogens with zero attached hydrogens (tertiary/aromatic N) is 1. The van der Waals surface area contributed by atoms with Gasteiger partial charge in [0.1, 0.15) is 6.61 Å². The topological polar surface area (TPSA) is 75.3 Å². The van der Waals surface area contributed by atoms with Gasteiger partial charge in [-0.1, -0.05) is 30.3 Å². The fourth-order valence-corrected chi connectivity index (χ4v) is 2.34. The van der Waals surface area contributed by atoms with Crippen LogP contribution in [0, 0.1) is 0 Å². The van der Waals surface area contributed by atoms with Crippen molar-refractivity contribution in [2.75, 3.05) is 13.1 Å². The fourth-order valence-electron chi connectivity index (χ4n) is 2.34. The maximum atomic E-state index is 12.1. The normalized spacial score (nSPS) is 17.0. The van der Waals surface area contributed by atoms with Crippen LogP contribution in [0.3, 0.4) is 0 Å². The third-order valence-electron chi connectivity index (χ3n) is 3.66. The van der Waals surface area contributed by atoms with E-state index in [4.69, 9.17) is 4.74 Å². The molecule has 1 unspecified atom stereocenters. The van der Waals surface area contributed by atoms with Gasteiger partial charge < -0.3 is 10.1 Å². The molecule has 1 aliphatic rings. The summed E-state index contributed by atoms with van der Waals surface area (Å²) in [6.45, 7) is 1.98. The van der Waals surface area contributed by atoms with Crippen LogP contribution in [0.15, 0.2) is 48.7 Å². The van der Waals surface area contributed by atoms with Gasteiger partial charge in [-0.05, 0) is 18.1 Å². The van der Waals surface area contributed by atoms with Crippen molar-refractivity contribution in [2.24, 2.45) is 0 Å². The summed E-state index contributed by atoms with van der Waals surface area (Å²) >= 11 is 0. The van der Waals surface area contributed by atoms with E-state index in [0.717, 1.165) is 18.5 Å². The Morgan fingerprint density at radius 3 is 2.83 bits per heavy atom. The quantitative estimate of drug-likeness (QED) is 0.749. The number of rotatable bonds is 6. The highest BCUT2D eigenvalue weighted by Gasteiger charge is 2.15. The van der Waals surface area contributed by atoms with Crippen molar-refractivity contribution >= 4 is 5.91 Å². The van der Waals surface area contributed by atoms with Crippen LogP contribution in [0.5, 0.6) is 5.88 Å². The van der Waals surface area contributed by atoms with Crippen LogP contribution < -0.4 is 20.9 Å². The lowest BCUT2D eigenvalue weighted by molar-refractivity contribution is 0.0949. The Kier molecular flexibility index (Phi) is 5.18. The molecule has 0 aliphatic carbocycles. The van der Waals surface area contributed by atoms with Gasteiger partial charge in [0, 0.05) is 31.4 Å². The molecule has 6 nitrogen and oxygen atoms in total. The van der Waals surface area contributed by atoms with Crippen molar-refractivity contribution in [3.05, 3.63) is 59.8 Å². The van der Waals surface area contributed by atoms with Gasteiger partial charge in [0.15, 0.2) is 0 Å². The zero-order valence-corrected chi connectivity index (χ0v) is 12.8. The van der Waals surface area contributed by atoms with Crippen LogP contribution in [-0.2, 0) is 6.61 Å². The second kappa shape index (κ2) is 7.71. The van der Waals surface area contributed by atoms with Crippen LogP contribution in [0.25, 0.3) is 0 Å². The Balaban J connectivity index is 1.49. The summed E-state index contributed by atoms with van der Waals surface area (Å²) in [5.41, 5.74) is 7.75. The number of benzene rings is 1. The maximum absolute atomic E-state index is 12.1. The zero-order chi connectivity index (χ0) is 15.9. The lowest BCUT2D eigenvalue weighted by atomic mass is 10.2. The first-order valence-electron chi connectivity index (χ1n) is 7.70. The van der Waals surface area contributed by atoms with Crippen molar-refractivity contribution < 1.29 is 9.53 Å². The molecule has 3 N–H and O–H groups in total. The summed E-state index contributed by atoms with van der Waals surface area (Å²) in [6, 6.07) is 13.6. The molecule has 1 fully saturated rings. The minimum Gasteiger partial charge on any atom is -0.473 e. The van der Waals surface area contributed by atoms with Crippen LogP contribution in [0.2, 0.25) is 0 Å². The van der Waals surface area contributed by atoms with Crippen molar-refractivity contribution in [1.82, 2.24) is 21.2 Å². The molecule has 120 valence electrons. The van der Waals surface area contributed by atoms with Crippen molar-refractivity contribution in [3.8, 4) is 5.88 Å². The van der Waals surface area contributed by atoms with Gasteiger partial charge in [0.2, 0.25) is 5.88 Å². The number of amides is 1. The molecular formula is C17H20N4O2. The number of hydrogen-bond acceptors (Lipinski definition) is 5. The number of carbonyl (C=O) groups is 1. The first-order chi connectivity index (χ1) is 11.3. The van der Waals surface area contributed by atoms with E-state index in [-0.39, 0.29) is 11.9 Å². The standard InChI is InChI=1S/C17H20N4O2/c22-17(19-11-15-8-9-20-21-15)14-6-7-16(18-10-14)23-12-13-4-2-1-3-5-13/h1-7,10,15,20-21H,8-9,11-12H2,(H,19,22). The first-order valence-corrected chi connectivity index (χ1v) is 7.70. The Labute approximate surface area is 135 Å². The number of aromatic nitrogens is 1. The van der Waals surface area contributed by atoms with E-state index in [1.807, 2.05) is 30.3 Å². The fraction of sp³-hybridized carbons (Fsp3) is 0.294. The Morgan fingerprint density at radius 2 is 2.13 bits per heavy atom. The van der Waals surface area contributed by atoms with Gasteiger partial charge in [-0.15, -0.1) is 0 Å². The van der Waals surface area contributed by atoms with Crippen molar-refractivity contribution in [3.63, 3.8) is 0 Å². The number of carbonyl (C=O) groups excluding carboxylic acids is 1. The molecule has 0 radical (unpaired) electrons. The lowest BCUT2D eigenvalue weighted by Gasteiger charge is -2.11. The molecule has 0 bridgehead atoms. The van der Waals surface area contributed by atoms with E-state index in [1.165, 1.54) is 6.20 Å². The van der Waals surface area contributed by atoms with E-state index in [2.05, 4.69) is 21.2 Å². The Hall–Kier alpha value is -2.44. The summed E-state index contributed by atoms with van der Waals surface area (Å²) in [6.07, 6.45) is 2.54. The second-order valence-corrected chi connectivity index (χ2v) is 5.43. The van der Waals surface area contributed by atoms with Gasteiger partial charge in [-0.3, -0.25) is 15.6 Å². The summed E-state index contributed by atoms with van der Waals surface area (Å²) in [5.74, 6) is 0.382. The number of pyridine rings is 1. The first kappa shape index (κ1) is 15.5. The van der Waals surface area contributed by atoms with Gasteiger partial charge >= 0.3 is 0 Å². The van der Waals surface area contributed by atoms with Crippen LogP contribution in [-0.4, -0.2) is 30.0 Å². The van der Waals surface area contributed by atoms with Gasteiger partial charge in [-0.25, -0.2) is 4.98 Å². The van der Waals surface area contributed by atoms with Crippen LogP contribution in [0.1, 0.15) is 22.3 Å². The molecule has 2 heterocycles. The van der Waals surface area contributed by atoms with Gasteiger partial charge in [-0.2, -0.15) is 0 Å².